The first kappa shape index (κ1) is 31.1. The van der Waals surface area contributed by atoms with E-state index in [2.05, 4.69) is 59.6 Å². The average Bonchev–Trinajstić information content (AvgIpc) is 3.20. The third-order valence-corrected chi connectivity index (χ3v) is 9.02. The maximum Gasteiger partial charge on any atom is 0.340 e. The molecule has 8 heteroatoms. The molecule has 3 aromatic rings. The monoisotopic (exact) mass is 686 g/mol. The van der Waals surface area contributed by atoms with E-state index in [1.54, 1.807) is 18.2 Å². The summed E-state index contributed by atoms with van der Waals surface area (Å²) in [5.74, 6) is -1.40. The molecule has 0 aromatic heterocycles. The predicted octanol–water partition coefficient (Wildman–Crippen LogP) is 8.59. The van der Waals surface area contributed by atoms with E-state index in [9.17, 15) is 24.9 Å². The van der Waals surface area contributed by atoms with Crippen LogP contribution >= 0.6 is 31.9 Å². The summed E-state index contributed by atoms with van der Waals surface area (Å²) in [6.07, 6.45) is 5.71. The van der Waals surface area contributed by atoms with Crippen molar-refractivity contribution in [3.63, 3.8) is 0 Å². The van der Waals surface area contributed by atoms with Crippen LogP contribution < -0.4 is 0 Å². The van der Waals surface area contributed by atoms with E-state index >= 15 is 0 Å². The smallest absolute Gasteiger partial charge is 0.340 e. The molecule has 0 aliphatic carbocycles. The first-order chi connectivity index (χ1) is 19.6. The molecule has 1 aliphatic heterocycles. The van der Waals surface area contributed by atoms with E-state index in [-0.39, 0.29) is 22.6 Å². The van der Waals surface area contributed by atoms with Gasteiger partial charge in [-0.05, 0) is 72.2 Å². The van der Waals surface area contributed by atoms with Gasteiger partial charge in [0.2, 0.25) is 0 Å². The zero-order valence-corrected chi connectivity index (χ0v) is 27.0. The van der Waals surface area contributed by atoms with Crippen LogP contribution in [0.4, 0.5) is 0 Å². The lowest BCUT2D eigenvalue weighted by molar-refractivity contribution is 0.0241. The molecule has 6 nitrogen and oxygen atoms in total. The molecule has 218 valence electrons. The van der Waals surface area contributed by atoms with Crippen molar-refractivity contribution in [3.8, 4) is 11.5 Å². The number of carboxylic acid groups (broad SMARTS) is 1. The topological polar surface area (TPSA) is 104 Å². The van der Waals surface area contributed by atoms with E-state index in [0.717, 1.165) is 47.9 Å². The van der Waals surface area contributed by atoms with E-state index in [4.69, 9.17) is 4.74 Å². The van der Waals surface area contributed by atoms with Crippen LogP contribution in [-0.4, -0.2) is 27.3 Å². The minimum Gasteiger partial charge on any atom is -0.508 e. The molecule has 1 aliphatic rings. The second-order valence-corrected chi connectivity index (χ2v) is 12.3. The Morgan fingerprint density at radius 1 is 0.756 bits per heavy atom. The Labute approximate surface area is 258 Å². The van der Waals surface area contributed by atoms with Crippen LogP contribution in [0.5, 0.6) is 11.5 Å². The molecule has 0 atom stereocenters. The van der Waals surface area contributed by atoms with Gasteiger partial charge in [0.05, 0.1) is 11.1 Å². The molecule has 41 heavy (non-hydrogen) atoms. The first-order valence-corrected chi connectivity index (χ1v) is 15.8. The van der Waals surface area contributed by atoms with Gasteiger partial charge in [-0.1, -0.05) is 91.3 Å². The van der Waals surface area contributed by atoms with Crippen LogP contribution in [0, 0.1) is 0 Å². The fraction of sp³-hybridized carbons (Fsp3) is 0.394. The number of phenols is 2. The highest BCUT2D eigenvalue weighted by molar-refractivity contribution is 9.10. The highest BCUT2D eigenvalue weighted by atomic mass is 79.9. The van der Waals surface area contributed by atoms with Gasteiger partial charge in [0, 0.05) is 25.6 Å². The number of aromatic carboxylic acids is 1. The van der Waals surface area contributed by atoms with E-state index in [1.165, 1.54) is 12.1 Å². The number of hydrogen-bond acceptors (Lipinski definition) is 5. The maximum atomic E-state index is 13.8. The van der Waals surface area contributed by atoms with Crippen LogP contribution in [0.25, 0.3) is 0 Å². The number of aromatic hydroxyl groups is 2. The van der Waals surface area contributed by atoms with Gasteiger partial charge < -0.3 is 20.1 Å². The second kappa shape index (κ2) is 12.6. The standard InChI is InChI=1S/C33H36Br2O6/c1-5-9-19-21(11-7-3)29(25(34)16-27(19)36)33(24-14-13-18(31(38)39)15-23(24)32(40)41-33)30-22(12-8-4)20(10-6-2)28(37)17-26(30)35/h13-17,36-37H,5-12H2,1-4H3,(H,38,39). The molecule has 0 bridgehead atoms. The lowest BCUT2D eigenvalue weighted by atomic mass is 9.72. The van der Waals surface area contributed by atoms with E-state index in [1.807, 2.05) is 0 Å². The van der Waals surface area contributed by atoms with Gasteiger partial charge in [0.1, 0.15) is 11.5 Å². The van der Waals surface area contributed by atoms with Crippen molar-refractivity contribution in [2.24, 2.45) is 0 Å². The zero-order valence-electron chi connectivity index (χ0n) is 23.9. The van der Waals surface area contributed by atoms with Crippen LogP contribution in [0.15, 0.2) is 39.3 Å². The number of ether oxygens (including phenoxy) is 1. The molecule has 3 N–H and O–H groups in total. The van der Waals surface area contributed by atoms with Gasteiger partial charge in [-0.25, -0.2) is 9.59 Å². The van der Waals surface area contributed by atoms with Gasteiger partial charge >= 0.3 is 11.9 Å². The summed E-state index contributed by atoms with van der Waals surface area (Å²) in [7, 11) is 0. The number of hydrogen-bond donors (Lipinski definition) is 3. The summed E-state index contributed by atoms with van der Waals surface area (Å²) in [4.78, 5) is 25.7. The number of carboxylic acids is 1. The second-order valence-electron chi connectivity index (χ2n) is 10.6. The lowest BCUT2D eigenvalue weighted by Gasteiger charge is -2.37. The minimum absolute atomic E-state index is 0.00745. The summed E-state index contributed by atoms with van der Waals surface area (Å²) in [5, 5.41) is 31.9. The molecular formula is C33H36Br2O6. The largest absolute Gasteiger partial charge is 0.508 e. The van der Waals surface area contributed by atoms with Crippen molar-refractivity contribution in [2.45, 2.75) is 84.7 Å². The number of carbonyl (C=O) groups excluding carboxylic acids is 1. The van der Waals surface area contributed by atoms with Gasteiger partial charge in [-0.15, -0.1) is 0 Å². The molecule has 0 radical (unpaired) electrons. The Morgan fingerprint density at radius 3 is 1.61 bits per heavy atom. The molecule has 0 saturated heterocycles. The lowest BCUT2D eigenvalue weighted by Crippen LogP contribution is -2.34. The molecular weight excluding hydrogens is 652 g/mol. The van der Waals surface area contributed by atoms with Crippen molar-refractivity contribution >= 4 is 43.8 Å². The Bertz CT molecular complexity index is 1440. The van der Waals surface area contributed by atoms with Crippen molar-refractivity contribution < 1.29 is 29.6 Å². The van der Waals surface area contributed by atoms with Crippen molar-refractivity contribution in [2.75, 3.05) is 0 Å². The van der Waals surface area contributed by atoms with Crippen molar-refractivity contribution in [1.29, 1.82) is 0 Å². The summed E-state index contributed by atoms with van der Waals surface area (Å²) < 4.78 is 7.72. The van der Waals surface area contributed by atoms with Crippen LogP contribution in [0.2, 0.25) is 0 Å². The number of rotatable bonds is 11. The van der Waals surface area contributed by atoms with Crippen molar-refractivity contribution in [1.82, 2.24) is 0 Å². The zero-order chi connectivity index (χ0) is 30.1. The first-order valence-electron chi connectivity index (χ1n) is 14.3. The molecule has 1 heterocycles. The van der Waals surface area contributed by atoms with Crippen LogP contribution in [0.1, 0.15) is 113 Å². The summed E-state index contributed by atoms with van der Waals surface area (Å²) >= 11 is 7.49. The minimum atomic E-state index is -1.47. The molecule has 3 aromatic carbocycles. The third-order valence-electron chi connectivity index (χ3n) is 7.77. The fourth-order valence-corrected chi connectivity index (χ4v) is 7.70. The number of benzene rings is 3. The third kappa shape index (κ3) is 5.29. The average molecular weight is 688 g/mol. The number of cyclic esters (lactones) is 1. The maximum absolute atomic E-state index is 13.8. The van der Waals surface area contributed by atoms with Crippen LogP contribution in [-0.2, 0) is 36.0 Å². The Kier molecular flexibility index (Phi) is 9.54. The normalized spacial score (nSPS) is 13.8. The van der Waals surface area contributed by atoms with Gasteiger partial charge in [0.25, 0.3) is 0 Å². The number of carbonyl (C=O) groups is 2. The van der Waals surface area contributed by atoms with Gasteiger partial charge in [0.15, 0.2) is 5.60 Å². The Hall–Kier alpha value is -2.84. The van der Waals surface area contributed by atoms with Gasteiger partial charge in [-0.3, -0.25) is 0 Å². The van der Waals surface area contributed by atoms with Crippen molar-refractivity contribution in [3.05, 3.63) is 89.3 Å². The van der Waals surface area contributed by atoms with E-state index < -0.39 is 17.5 Å². The molecule has 0 spiro atoms. The Morgan fingerprint density at radius 2 is 1.20 bits per heavy atom. The molecule has 0 fully saturated rings. The summed E-state index contributed by atoms with van der Waals surface area (Å²) in [5.41, 5.74) is 4.05. The number of phenolic OH excluding ortho intramolecular Hbond substituents is 2. The number of halogens is 2. The highest BCUT2D eigenvalue weighted by Crippen LogP contribution is 2.56. The number of fused-ring (bicyclic) bond motifs is 1. The Balaban J connectivity index is 2.29. The predicted molar refractivity (Wildman–Crippen MR) is 166 cm³/mol. The van der Waals surface area contributed by atoms with Crippen LogP contribution in [0.3, 0.4) is 0 Å². The summed E-state index contributed by atoms with van der Waals surface area (Å²) in [6, 6.07) is 7.88. The number of esters is 1. The molecule has 4 rings (SSSR count). The fourth-order valence-electron chi connectivity index (χ4n) is 6.23. The highest BCUT2D eigenvalue weighted by Gasteiger charge is 2.53. The molecule has 0 unspecified atom stereocenters. The summed E-state index contributed by atoms with van der Waals surface area (Å²) in [6.45, 7) is 8.24. The quantitative estimate of drug-likeness (QED) is 0.175. The molecule has 0 amide bonds. The molecule has 0 saturated carbocycles. The van der Waals surface area contributed by atoms with Gasteiger partial charge in [-0.2, -0.15) is 0 Å². The SMILES string of the molecule is CCCc1c(O)cc(Br)c(C2(c3c(Br)cc(O)c(CCC)c3CCC)OC(=O)c3cc(C(=O)O)ccc32)c1CCC. The van der Waals surface area contributed by atoms with E-state index in [0.29, 0.717) is 51.3 Å².